The number of rotatable bonds is 6. The first-order valence-corrected chi connectivity index (χ1v) is 9.28. The molecule has 1 aromatic carbocycles. The van der Waals surface area contributed by atoms with Crippen molar-refractivity contribution in [3.63, 3.8) is 0 Å². The van der Waals surface area contributed by atoms with Crippen LogP contribution >= 0.6 is 0 Å². The fraction of sp³-hybridized carbons (Fsp3) is 0.412. The van der Waals surface area contributed by atoms with Crippen LogP contribution < -0.4 is 0 Å². The molecule has 0 radical (unpaired) electrons. The zero-order valence-corrected chi connectivity index (χ0v) is 14.8. The smallest absolute Gasteiger partial charge is 0.207 e. The van der Waals surface area contributed by atoms with Crippen LogP contribution in [-0.2, 0) is 10.0 Å². The number of sulfonamides is 1. The van der Waals surface area contributed by atoms with Crippen LogP contribution in [0.2, 0.25) is 0 Å². The molecule has 124 valence electrons. The largest absolute Gasteiger partial charge is 0.243 e. The van der Waals surface area contributed by atoms with Crippen molar-refractivity contribution in [3.05, 3.63) is 42.2 Å². The molecule has 23 heavy (non-hydrogen) atoms. The summed E-state index contributed by atoms with van der Waals surface area (Å²) in [5.41, 5.74) is 2.84. The van der Waals surface area contributed by atoms with Gasteiger partial charge in [-0.05, 0) is 29.7 Å². The van der Waals surface area contributed by atoms with Crippen LogP contribution in [-0.4, -0.2) is 36.0 Å². The lowest BCUT2D eigenvalue weighted by Crippen LogP contribution is -2.30. The number of hydrogen-bond acceptors (Lipinski definition) is 4. The second-order valence-electron chi connectivity index (χ2n) is 5.60. The fourth-order valence-corrected chi connectivity index (χ4v) is 3.99. The van der Waals surface area contributed by atoms with Gasteiger partial charge in [0, 0.05) is 18.7 Å². The first-order valence-electron chi connectivity index (χ1n) is 7.84. The normalized spacial score (nSPS) is 12.1. The van der Waals surface area contributed by atoms with E-state index in [1.165, 1.54) is 4.31 Å². The molecule has 0 saturated heterocycles. The minimum absolute atomic E-state index is 0.248. The summed E-state index contributed by atoms with van der Waals surface area (Å²) in [5.74, 6) is 0.248. The summed E-state index contributed by atoms with van der Waals surface area (Å²) in [4.78, 5) is 0.318. The number of nitrogens with zero attached hydrogens (tertiary/aromatic N) is 3. The van der Waals surface area contributed by atoms with Gasteiger partial charge >= 0.3 is 0 Å². The Balaban J connectivity index is 2.42. The van der Waals surface area contributed by atoms with Gasteiger partial charge in [0.25, 0.3) is 0 Å². The summed E-state index contributed by atoms with van der Waals surface area (Å²) in [6.45, 7) is 8.73. The van der Waals surface area contributed by atoms with E-state index in [4.69, 9.17) is 0 Å². The van der Waals surface area contributed by atoms with Crippen LogP contribution in [0.5, 0.6) is 0 Å². The van der Waals surface area contributed by atoms with Gasteiger partial charge in [0.1, 0.15) is 0 Å². The molecule has 2 rings (SSSR count). The van der Waals surface area contributed by atoms with E-state index in [1.807, 2.05) is 32.0 Å². The zero-order chi connectivity index (χ0) is 17.0. The summed E-state index contributed by atoms with van der Waals surface area (Å²) in [6.07, 6.45) is 1.65. The third kappa shape index (κ3) is 3.59. The van der Waals surface area contributed by atoms with Crippen LogP contribution in [0.25, 0.3) is 11.1 Å². The van der Waals surface area contributed by atoms with Gasteiger partial charge in [0.05, 0.1) is 16.8 Å². The molecule has 0 aliphatic rings. The van der Waals surface area contributed by atoms with E-state index >= 15 is 0 Å². The number of hydrogen-bond donors (Lipinski definition) is 0. The van der Waals surface area contributed by atoms with Crippen molar-refractivity contribution >= 4 is 10.0 Å². The Kier molecular flexibility index (Phi) is 5.49. The van der Waals surface area contributed by atoms with Gasteiger partial charge in [-0.1, -0.05) is 39.8 Å². The molecule has 0 aliphatic heterocycles. The Bertz CT molecular complexity index is 752. The molecular weight excluding hydrogens is 310 g/mol. The second kappa shape index (κ2) is 7.19. The Morgan fingerprint density at radius 2 is 1.65 bits per heavy atom. The molecule has 0 atom stereocenters. The topological polar surface area (TPSA) is 63.2 Å². The monoisotopic (exact) mass is 333 g/mol. The highest BCUT2D eigenvalue weighted by Crippen LogP contribution is 2.28. The minimum Gasteiger partial charge on any atom is -0.207 e. The SMILES string of the molecule is CCN(CC)S(=O)(=O)c1ccc(-c2ccnnc2C(C)C)cc1. The highest BCUT2D eigenvalue weighted by molar-refractivity contribution is 7.89. The van der Waals surface area contributed by atoms with Gasteiger partial charge in [-0.2, -0.15) is 14.5 Å². The quantitative estimate of drug-likeness (QED) is 0.814. The fourth-order valence-electron chi connectivity index (χ4n) is 2.53. The van der Waals surface area contributed by atoms with Crippen molar-refractivity contribution in [2.45, 2.75) is 38.5 Å². The van der Waals surface area contributed by atoms with Crippen molar-refractivity contribution in [1.29, 1.82) is 0 Å². The van der Waals surface area contributed by atoms with Crippen molar-refractivity contribution < 1.29 is 8.42 Å². The van der Waals surface area contributed by atoms with E-state index in [9.17, 15) is 8.42 Å². The van der Waals surface area contributed by atoms with Crippen molar-refractivity contribution in [3.8, 4) is 11.1 Å². The maximum atomic E-state index is 12.5. The van der Waals surface area contributed by atoms with Crippen LogP contribution in [0.4, 0.5) is 0 Å². The zero-order valence-electron chi connectivity index (χ0n) is 14.0. The summed E-state index contributed by atoms with van der Waals surface area (Å²) < 4.78 is 26.5. The van der Waals surface area contributed by atoms with Gasteiger partial charge in [0.2, 0.25) is 10.0 Å². The molecule has 0 amide bonds. The van der Waals surface area contributed by atoms with Gasteiger partial charge < -0.3 is 0 Å². The molecule has 0 aliphatic carbocycles. The molecule has 0 fully saturated rings. The van der Waals surface area contributed by atoms with E-state index in [1.54, 1.807) is 18.3 Å². The van der Waals surface area contributed by atoms with Crippen LogP contribution in [0, 0.1) is 0 Å². The Morgan fingerprint density at radius 1 is 1.04 bits per heavy atom. The van der Waals surface area contributed by atoms with Gasteiger partial charge in [-0.15, -0.1) is 0 Å². The lowest BCUT2D eigenvalue weighted by atomic mass is 9.99. The van der Waals surface area contributed by atoms with Gasteiger partial charge in [-0.3, -0.25) is 0 Å². The second-order valence-corrected chi connectivity index (χ2v) is 7.54. The molecule has 6 heteroatoms. The minimum atomic E-state index is -3.42. The number of benzene rings is 1. The van der Waals surface area contributed by atoms with Crippen LogP contribution in [0.1, 0.15) is 39.3 Å². The maximum Gasteiger partial charge on any atom is 0.243 e. The standard InChI is InChI=1S/C17H23N3O2S/c1-5-20(6-2)23(21,22)15-9-7-14(8-10-15)16-11-12-18-19-17(16)13(3)4/h7-13H,5-6H2,1-4H3. The highest BCUT2D eigenvalue weighted by Gasteiger charge is 2.21. The average Bonchev–Trinajstić information content (AvgIpc) is 2.56. The van der Waals surface area contributed by atoms with Gasteiger partial charge in [-0.25, -0.2) is 8.42 Å². The molecular formula is C17H23N3O2S. The van der Waals surface area contributed by atoms with E-state index < -0.39 is 10.0 Å². The first kappa shape index (κ1) is 17.6. The molecule has 0 spiro atoms. The Labute approximate surface area is 138 Å². The molecule has 1 heterocycles. The van der Waals surface area contributed by atoms with Crippen molar-refractivity contribution in [2.24, 2.45) is 0 Å². The Morgan fingerprint density at radius 3 is 2.17 bits per heavy atom. The van der Waals surface area contributed by atoms with Crippen LogP contribution in [0.15, 0.2) is 41.4 Å². The predicted molar refractivity (Wildman–Crippen MR) is 91.7 cm³/mol. The highest BCUT2D eigenvalue weighted by atomic mass is 32.2. The summed E-state index contributed by atoms with van der Waals surface area (Å²) in [5, 5.41) is 8.15. The number of aromatic nitrogens is 2. The van der Waals surface area contributed by atoms with Crippen molar-refractivity contribution in [2.75, 3.05) is 13.1 Å². The summed E-state index contributed by atoms with van der Waals surface area (Å²) in [6, 6.07) is 8.90. The molecule has 0 bridgehead atoms. The van der Waals surface area contributed by atoms with E-state index in [-0.39, 0.29) is 5.92 Å². The first-order chi connectivity index (χ1) is 10.9. The molecule has 1 aromatic heterocycles. The molecule has 0 N–H and O–H groups in total. The molecule has 0 saturated carbocycles. The van der Waals surface area contributed by atoms with E-state index in [0.29, 0.717) is 18.0 Å². The lowest BCUT2D eigenvalue weighted by molar-refractivity contribution is 0.445. The molecule has 0 unspecified atom stereocenters. The van der Waals surface area contributed by atoms with Gasteiger partial charge in [0.15, 0.2) is 0 Å². The van der Waals surface area contributed by atoms with Crippen molar-refractivity contribution in [1.82, 2.24) is 14.5 Å². The molecule has 2 aromatic rings. The molecule has 5 nitrogen and oxygen atoms in total. The van der Waals surface area contributed by atoms with Crippen LogP contribution in [0.3, 0.4) is 0 Å². The van der Waals surface area contributed by atoms with E-state index in [2.05, 4.69) is 24.0 Å². The van der Waals surface area contributed by atoms with E-state index in [0.717, 1.165) is 16.8 Å². The third-order valence-corrected chi connectivity index (χ3v) is 5.87. The summed E-state index contributed by atoms with van der Waals surface area (Å²) >= 11 is 0. The lowest BCUT2D eigenvalue weighted by Gasteiger charge is -2.18. The predicted octanol–water partition coefficient (Wildman–Crippen LogP) is 3.30. The average molecular weight is 333 g/mol. The Hall–Kier alpha value is -1.79. The summed E-state index contributed by atoms with van der Waals surface area (Å²) in [7, 11) is -3.42. The maximum absolute atomic E-state index is 12.5. The third-order valence-electron chi connectivity index (χ3n) is 3.80.